The molecule has 23 heavy (non-hydrogen) atoms. The number of hydrogen-bond acceptors (Lipinski definition) is 2. The van der Waals surface area contributed by atoms with Gasteiger partial charge in [0.2, 0.25) is 8.32 Å². The molecule has 0 aromatic heterocycles. The van der Waals surface area contributed by atoms with E-state index in [1.165, 1.54) is 0 Å². The van der Waals surface area contributed by atoms with E-state index in [1.54, 1.807) is 0 Å². The lowest BCUT2D eigenvalue weighted by atomic mass is 9.86. The van der Waals surface area contributed by atoms with Gasteiger partial charge < -0.3 is 9.53 Å². The molecule has 0 saturated heterocycles. The van der Waals surface area contributed by atoms with Gasteiger partial charge in [-0.1, -0.05) is 48.8 Å². The van der Waals surface area contributed by atoms with Crippen LogP contribution in [-0.4, -0.2) is 13.4 Å². The summed E-state index contributed by atoms with van der Waals surface area (Å²) in [6, 6.07) is 11.4. The molecule has 2 rings (SSSR count). The van der Waals surface area contributed by atoms with E-state index in [9.17, 15) is 5.11 Å². The van der Waals surface area contributed by atoms with Crippen molar-refractivity contribution in [2.45, 2.75) is 64.3 Å². The molecule has 0 heterocycles. The minimum Gasteiger partial charge on any atom is -0.546 e. The van der Waals surface area contributed by atoms with Crippen LogP contribution in [0.25, 0.3) is 0 Å². The topological polar surface area (TPSA) is 29.5 Å². The minimum atomic E-state index is -1.69. The van der Waals surface area contributed by atoms with Crippen LogP contribution in [0.1, 0.15) is 51.7 Å². The van der Waals surface area contributed by atoms with E-state index in [2.05, 4.69) is 42.8 Å². The third kappa shape index (κ3) is 4.49. The second-order valence-electron chi connectivity index (χ2n) is 6.49. The highest BCUT2D eigenvalue weighted by molar-refractivity contribution is 9.10. The Morgan fingerprint density at radius 1 is 1.17 bits per heavy atom. The Hall–Kier alpha value is -0.583. The third-order valence-corrected chi connectivity index (χ3v) is 10.4. The van der Waals surface area contributed by atoms with E-state index in [0.29, 0.717) is 0 Å². The molecule has 0 radical (unpaired) electrons. The predicted octanol–water partition coefficient (Wildman–Crippen LogP) is 6.19. The van der Waals surface area contributed by atoms with Crippen LogP contribution < -0.4 is 0 Å². The third-order valence-electron chi connectivity index (χ3n) is 5.29. The van der Waals surface area contributed by atoms with Gasteiger partial charge >= 0.3 is 0 Å². The van der Waals surface area contributed by atoms with Crippen molar-refractivity contribution in [2.24, 2.45) is 5.92 Å². The van der Waals surface area contributed by atoms with Crippen LogP contribution in [0, 0.1) is 5.92 Å². The zero-order chi connectivity index (χ0) is 16.9. The Balaban J connectivity index is 2.20. The lowest BCUT2D eigenvalue weighted by Crippen LogP contribution is -2.37. The molecule has 0 aliphatic heterocycles. The van der Waals surface area contributed by atoms with E-state index in [1.807, 2.05) is 24.3 Å². The van der Waals surface area contributed by atoms with Crippen LogP contribution in [0.15, 0.2) is 40.6 Å². The fourth-order valence-corrected chi connectivity index (χ4v) is 6.35. The molecule has 0 unspecified atom stereocenters. The quantitative estimate of drug-likeness (QED) is 0.556. The van der Waals surface area contributed by atoms with E-state index in [4.69, 9.17) is 4.43 Å². The minimum absolute atomic E-state index is 0.0986. The maximum atomic E-state index is 10.9. The number of benzene rings is 1. The van der Waals surface area contributed by atoms with Crippen molar-refractivity contribution >= 4 is 24.2 Å². The van der Waals surface area contributed by atoms with Gasteiger partial charge in [0.1, 0.15) is 0 Å². The standard InChI is InChI=1S/C19H29BrO2Si/c1-4-23(5-2,6-3)22-18-10-8-7-9-17(18)19(21)15-11-13-16(20)14-12-15/h10-14,17,19,21H,4-9H2,1-3H3/t17-,19+/m0/s1. The molecule has 1 aliphatic rings. The van der Waals surface area contributed by atoms with Gasteiger partial charge in [-0.15, -0.1) is 0 Å². The van der Waals surface area contributed by atoms with Gasteiger partial charge in [0.05, 0.1) is 11.9 Å². The predicted molar refractivity (Wildman–Crippen MR) is 103 cm³/mol. The Bertz CT molecular complexity index is 514. The van der Waals surface area contributed by atoms with Gasteiger partial charge in [-0.2, -0.15) is 0 Å². The van der Waals surface area contributed by atoms with Crippen molar-refractivity contribution in [2.75, 3.05) is 0 Å². The first-order valence-electron chi connectivity index (χ1n) is 8.87. The van der Waals surface area contributed by atoms with Gasteiger partial charge in [0, 0.05) is 10.4 Å². The Labute approximate surface area is 150 Å². The summed E-state index contributed by atoms with van der Waals surface area (Å²) < 4.78 is 7.68. The van der Waals surface area contributed by atoms with E-state index in [0.717, 1.165) is 53.2 Å². The Kier molecular flexibility index (Phi) is 6.93. The normalized spacial score (nSPS) is 20.0. The van der Waals surface area contributed by atoms with Crippen molar-refractivity contribution in [1.29, 1.82) is 0 Å². The fourth-order valence-electron chi connectivity index (χ4n) is 3.42. The maximum Gasteiger partial charge on any atom is 0.250 e. The monoisotopic (exact) mass is 396 g/mol. The highest BCUT2D eigenvalue weighted by Crippen LogP contribution is 2.39. The summed E-state index contributed by atoms with van der Waals surface area (Å²) in [6.45, 7) is 6.76. The van der Waals surface area contributed by atoms with Gasteiger partial charge in [-0.3, -0.25) is 0 Å². The first-order valence-corrected chi connectivity index (χ1v) is 12.2. The number of hydrogen-bond donors (Lipinski definition) is 1. The zero-order valence-corrected chi connectivity index (χ0v) is 17.1. The molecule has 4 heteroatoms. The molecule has 1 aliphatic carbocycles. The highest BCUT2D eigenvalue weighted by atomic mass is 79.9. The van der Waals surface area contributed by atoms with Crippen LogP contribution in [0.4, 0.5) is 0 Å². The van der Waals surface area contributed by atoms with Crippen LogP contribution >= 0.6 is 15.9 Å². The fraction of sp³-hybridized carbons (Fsp3) is 0.579. The molecule has 0 spiro atoms. The Morgan fingerprint density at radius 2 is 1.78 bits per heavy atom. The van der Waals surface area contributed by atoms with E-state index >= 15 is 0 Å². The molecule has 0 bridgehead atoms. The largest absolute Gasteiger partial charge is 0.546 e. The average Bonchev–Trinajstić information content (AvgIpc) is 2.60. The summed E-state index contributed by atoms with van der Waals surface area (Å²) in [6.07, 6.45) is 4.96. The van der Waals surface area contributed by atoms with Crippen LogP contribution in [0.2, 0.25) is 18.1 Å². The number of rotatable bonds is 7. The summed E-state index contributed by atoms with van der Waals surface area (Å²) in [7, 11) is -1.69. The second kappa shape index (κ2) is 8.50. The van der Waals surface area contributed by atoms with Crippen molar-refractivity contribution in [1.82, 2.24) is 0 Å². The van der Waals surface area contributed by atoms with Crippen molar-refractivity contribution in [3.8, 4) is 0 Å². The summed E-state index contributed by atoms with van der Waals surface area (Å²) in [5.74, 6) is 1.16. The molecule has 0 saturated carbocycles. The molecule has 1 aromatic rings. The van der Waals surface area contributed by atoms with Gasteiger partial charge in [0.25, 0.3) is 0 Å². The second-order valence-corrected chi connectivity index (χ2v) is 12.1. The zero-order valence-electron chi connectivity index (χ0n) is 14.5. The molecule has 0 amide bonds. The summed E-state index contributed by atoms with van der Waals surface area (Å²) in [5, 5.41) is 10.9. The van der Waals surface area contributed by atoms with Crippen LogP contribution in [-0.2, 0) is 4.43 Å². The lowest BCUT2D eigenvalue weighted by Gasteiger charge is -2.37. The van der Waals surface area contributed by atoms with Gasteiger partial charge in [-0.25, -0.2) is 0 Å². The molecule has 1 aromatic carbocycles. The number of allylic oxidation sites excluding steroid dienone is 1. The number of aliphatic hydroxyl groups excluding tert-OH is 1. The first kappa shape index (κ1) is 18.8. The maximum absolute atomic E-state index is 10.9. The van der Waals surface area contributed by atoms with Crippen molar-refractivity contribution in [3.63, 3.8) is 0 Å². The highest BCUT2D eigenvalue weighted by Gasteiger charge is 2.36. The average molecular weight is 397 g/mol. The first-order chi connectivity index (χ1) is 11.0. The van der Waals surface area contributed by atoms with Crippen LogP contribution in [0.3, 0.4) is 0 Å². The van der Waals surface area contributed by atoms with Gasteiger partial charge in [-0.05, 0) is 61.2 Å². The molecular weight excluding hydrogens is 368 g/mol. The molecule has 2 nitrogen and oxygen atoms in total. The van der Waals surface area contributed by atoms with Crippen molar-refractivity contribution in [3.05, 3.63) is 46.1 Å². The van der Waals surface area contributed by atoms with Crippen LogP contribution in [0.5, 0.6) is 0 Å². The molecule has 0 fully saturated rings. The number of halogens is 1. The SMILES string of the molecule is CC[Si](CC)(CC)OC1=CCCC[C@@H]1[C@H](O)c1ccc(Br)cc1. The Morgan fingerprint density at radius 3 is 2.35 bits per heavy atom. The van der Waals surface area contributed by atoms with Crippen molar-refractivity contribution < 1.29 is 9.53 Å². The lowest BCUT2D eigenvalue weighted by molar-refractivity contribution is 0.0928. The molecule has 1 N–H and O–H groups in total. The smallest absolute Gasteiger partial charge is 0.250 e. The summed E-state index contributed by atoms with van der Waals surface area (Å²) in [5.41, 5.74) is 0.978. The number of aliphatic hydroxyl groups is 1. The summed E-state index contributed by atoms with van der Waals surface area (Å²) in [4.78, 5) is 0. The molecule has 128 valence electrons. The molecule has 2 atom stereocenters. The summed E-state index contributed by atoms with van der Waals surface area (Å²) >= 11 is 3.46. The molecular formula is C19H29BrO2Si. The van der Waals surface area contributed by atoms with E-state index in [-0.39, 0.29) is 5.92 Å². The van der Waals surface area contributed by atoms with E-state index < -0.39 is 14.4 Å². The van der Waals surface area contributed by atoms with Gasteiger partial charge in [0.15, 0.2) is 0 Å².